The topological polar surface area (TPSA) is 74.7 Å². The van der Waals surface area contributed by atoms with Gasteiger partial charge < -0.3 is 5.11 Å². The second kappa shape index (κ2) is 4.84. The third-order valence-electron chi connectivity index (χ3n) is 4.30. The van der Waals surface area contributed by atoms with Crippen LogP contribution in [0, 0.1) is 17.8 Å². The van der Waals surface area contributed by atoms with Gasteiger partial charge in [0.1, 0.15) is 0 Å². The molecular weight excluding hydrogens is 294 g/mol. The van der Waals surface area contributed by atoms with Gasteiger partial charge in [-0.05, 0) is 37.0 Å². The number of carbonyl (C=O) groups excluding carboxylic acids is 2. The number of carboxylic acid groups (broad SMARTS) is 1. The zero-order valence-corrected chi connectivity index (χ0v) is 12.1. The molecule has 5 nitrogen and oxygen atoms in total. The molecule has 0 radical (unpaired) electrons. The first-order chi connectivity index (χ1) is 9.90. The van der Waals surface area contributed by atoms with Gasteiger partial charge in [0.05, 0.1) is 23.1 Å². The fourth-order valence-corrected chi connectivity index (χ4v) is 3.56. The summed E-state index contributed by atoms with van der Waals surface area (Å²) in [7, 11) is 0. The molecule has 1 heterocycles. The SMILES string of the molecule is CC1CC2C(=O)N(c3ccc(Cl)cc3C(=O)O)C(=O)C2C1. The van der Waals surface area contributed by atoms with Crippen molar-refractivity contribution in [1.82, 2.24) is 0 Å². The van der Waals surface area contributed by atoms with Crippen LogP contribution in [0.15, 0.2) is 18.2 Å². The van der Waals surface area contributed by atoms with Crippen LogP contribution in [-0.4, -0.2) is 22.9 Å². The summed E-state index contributed by atoms with van der Waals surface area (Å²) in [5.41, 5.74) is -0.0128. The molecule has 1 saturated carbocycles. The van der Waals surface area contributed by atoms with Crippen molar-refractivity contribution in [3.05, 3.63) is 28.8 Å². The maximum Gasteiger partial charge on any atom is 0.337 e. The lowest BCUT2D eigenvalue weighted by molar-refractivity contribution is -0.123. The van der Waals surface area contributed by atoms with Crippen molar-refractivity contribution in [1.29, 1.82) is 0 Å². The van der Waals surface area contributed by atoms with E-state index in [0.717, 1.165) is 4.90 Å². The number of hydrogen-bond acceptors (Lipinski definition) is 3. The lowest BCUT2D eigenvalue weighted by Gasteiger charge is -2.19. The quantitative estimate of drug-likeness (QED) is 0.852. The van der Waals surface area contributed by atoms with Crippen molar-refractivity contribution in [2.75, 3.05) is 4.90 Å². The van der Waals surface area contributed by atoms with Crippen molar-refractivity contribution in [2.45, 2.75) is 19.8 Å². The van der Waals surface area contributed by atoms with Crippen LogP contribution in [0.3, 0.4) is 0 Å². The number of amides is 2. The lowest BCUT2D eigenvalue weighted by Crippen LogP contribution is -2.33. The summed E-state index contributed by atoms with van der Waals surface area (Å²) in [6, 6.07) is 4.17. The van der Waals surface area contributed by atoms with Gasteiger partial charge in [-0.15, -0.1) is 0 Å². The normalized spacial score (nSPS) is 28.1. The van der Waals surface area contributed by atoms with E-state index >= 15 is 0 Å². The molecule has 1 aromatic rings. The highest BCUT2D eigenvalue weighted by molar-refractivity contribution is 6.31. The average Bonchev–Trinajstić information content (AvgIpc) is 2.90. The van der Waals surface area contributed by atoms with Crippen LogP contribution in [-0.2, 0) is 9.59 Å². The fraction of sp³-hybridized carbons (Fsp3) is 0.400. The molecule has 3 rings (SSSR count). The standard InChI is InChI=1S/C15H14ClNO4/c1-7-4-9-10(5-7)14(19)17(13(9)18)12-3-2-8(16)6-11(12)15(20)21/h2-3,6-7,9-10H,4-5H2,1H3,(H,20,21). The maximum atomic E-state index is 12.5. The number of hydrogen-bond donors (Lipinski definition) is 1. The summed E-state index contributed by atoms with van der Waals surface area (Å²) >= 11 is 5.80. The molecule has 0 spiro atoms. The van der Waals surface area contributed by atoms with Gasteiger partial charge in [-0.3, -0.25) is 9.59 Å². The number of benzene rings is 1. The Labute approximate surface area is 126 Å². The van der Waals surface area contributed by atoms with Gasteiger partial charge in [0.15, 0.2) is 0 Å². The van der Waals surface area contributed by atoms with Gasteiger partial charge in [0.25, 0.3) is 0 Å². The second-order valence-electron chi connectivity index (χ2n) is 5.77. The molecule has 0 bridgehead atoms. The summed E-state index contributed by atoms with van der Waals surface area (Å²) < 4.78 is 0. The first kappa shape index (κ1) is 14.1. The van der Waals surface area contributed by atoms with E-state index in [1.54, 1.807) is 0 Å². The minimum atomic E-state index is -1.21. The lowest BCUT2D eigenvalue weighted by atomic mass is 10.00. The number of halogens is 1. The minimum Gasteiger partial charge on any atom is -0.478 e. The highest BCUT2D eigenvalue weighted by atomic mass is 35.5. The number of carbonyl (C=O) groups is 3. The number of anilines is 1. The third-order valence-corrected chi connectivity index (χ3v) is 4.54. The van der Waals surface area contributed by atoms with Crippen molar-refractivity contribution < 1.29 is 19.5 Å². The predicted molar refractivity (Wildman–Crippen MR) is 76.3 cm³/mol. The van der Waals surface area contributed by atoms with Crippen molar-refractivity contribution in [3.8, 4) is 0 Å². The van der Waals surface area contributed by atoms with Crippen LogP contribution in [0.2, 0.25) is 5.02 Å². The molecule has 2 atom stereocenters. The highest BCUT2D eigenvalue weighted by Gasteiger charge is 2.52. The molecule has 6 heteroatoms. The van der Waals surface area contributed by atoms with Crippen LogP contribution >= 0.6 is 11.6 Å². The molecule has 1 aliphatic carbocycles. The average molecular weight is 308 g/mol. The summed E-state index contributed by atoms with van der Waals surface area (Å²) in [5, 5.41) is 9.51. The number of nitrogens with zero attached hydrogens (tertiary/aromatic N) is 1. The summed E-state index contributed by atoms with van der Waals surface area (Å²) in [4.78, 5) is 37.3. The minimum absolute atomic E-state index is 0.115. The Morgan fingerprint density at radius 2 is 1.81 bits per heavy atom. The fourth-order valence-electron chi connectivity index (χ4n) is 3.39. The van der Waals surface area contributed by atoms with Crippen LogP contribution in [0.1, 0.15) is 30.1 Å². The Balaban J connectivity index is 2.04. The van der Waals surface area contributed by atoms with Gasteiger partial charge in [0.2, 0.25) is 11.8 Å². The summed E-state index contributed by atoms with van der Waals surface area (Å²) in [5.74, 6) is -2.08. The largest absolute Gasteiger partial charge is 0.478 e. The van der Waals surface area contributed by atoms with E-state index in [-0.39, 0.29) is 39.9 Å². The van der Waals surface area contributed by atoms with Crippen molar-refractivity contribution >= 4 is 35.1 Å². The van der Waals surface area contributed by atoms with E-state index in [2.05, 4.69) is 0 Å². The zero-order chi connectivity index (χ0) is 15.3. The Kier molecular flexibility index (Phi) is 3.24. The third kappa shape index (κ3) is 2.12. The van der Waals surface area contributed by atoms with E-state index in [4.69, 9.17) is 11.6 Å². The first-order valence-corrected chi connectivity index (χ1v) is 7.18. The van der Waals surface area contributed by atoms with Crippen LogP contribution < -0.4 is 4.90 Å². The van der Waals surface area contributed by atoms with E-state index in [9.17, 15) is 19.5 Å². The van der Waals surface area contributed by atoms with Gasteiger partial charge in [-0.25, -0.2) is 9.69 Å². The summed E-state index contributed by atoms with van der Waals surface area (Å²) in [6.07, 6.45) is 1.36. The molecule has 21 heavy (non-hydrogen) atoms. The van der Waals surface area contributed by atoms with Gasteiger partial charge in [-0.1, -0.05) is 18.5 Å². The Bertz CT molecular complexity index is 633. The second-order valence-corrected chi connectivity index (χ2v) is 6.20. The molecule has 2 amide bonds. The van der Waals surface area contributed by atoms with Crippen molar-refractivity contribution in [2.24, 2.45) is 17.8 Å². The van der Waals surface area contributed by atoms with E-state index in [1.807, 2.05) is 6.92 Å². The van der Waals surface area contributed by atoms with Crippen LogP contribution in [0.5, 0.6) is 0 Å². The Morgan fingerprint density at radius 1 is 1.24 bits per heavy atom. The monoisotopic (exact) mass is 307 g/mol. The van der Waals surface area contributed by atoms with Gasteiger partial charge in [-0.2, -0.15) is 0 Å². The molecular formula is C15H14ClNO4. The first-order valence-electron chi connectivity index (χ1n) is 6.80. The molecule has 0 aromatic heterocycles. The van der Waals surface area contributed by atoms with E-state index in [1.165, 1.54) is 18.2 Å². The summed E-state index contributed by atoms with van der Waals surface area (Å²) in [6.45, 7) is 2.02. The number of fused-ring (bicyclic) bond motifs is 1. The van der Waals surface area contributed by atoms with Gasteiger partial charge >= 0.3 is 5.97 Å². The van der Waals surface area contributed by atoms with Crippen LogP contribution in [0.25, 0.3) is 0 Å². The number of imide groups is 1. The van der Waals surface area contributed by atoms with Crippen LogP contribution in [0.4, 0.5) is 5.69 Å². The molecule has 110 valence electrons. The number of aromatic carboxylic acids is 1. The predicted octanol–water partition coefficient (Wildman–Crippen LogP) is 2.57. The molecule has 1 aromatic carbocycles. The molecule has 2 aliphatic rings. The smallest absolute Gasteiger partial charge is 0.337 e. The molecule has 2 fully saturated rings. The molecule has 1 N–H and O–H groups in total. The van der Waals surface area contributed by atoms with Crippen molar-refractivity contribution in [3.63, 3.8) is 0 Å². The maximum absolute atomic E-state index is 12.5. The number of rotatable bonds is 2. The highest BCUT2D eigenvalue weighted by Crippen LogP contribution is 2.45. The Morgan fingerprint density at radius 3 is 2.33 bits per heavy atom. The molecule has 1 saturated heterocycles. The van der Waals surface area contributed by atoms with E-state index in [0.29, 0.717) is 18.8 Å². The molecule has 1 aliphatic heterocycles. The van der Waals surface area contributed by atoms with Gasteiger partial charge in [0, 0.05) is 5.02 Å². The Hall–Kier alpha value is -1.88. The number of carboxylic acids is 1. The van der Waals surface area contributed by atoms with E-state index < -0.39 is 5.97 Å². The zero-order valence-electron chi connectivity index (χ0n) is 11.4. The molecule has 2 unspecified atom stereocenters.